The maximum absolute atomic E-state index is 12.6. The van der Waals surface area contributed by atoms with E-state index >= 15 is 0 Å². The predicted octanol–water partition coefficient (Wildman–Crippen LogP) is 23.8. The van der Waals surface area contributed by atoms with Crippen molar-refractivity contribution >= 4 is 5.97 Å². The summed E-state index contributed by atoms with van der Waals surface area (Å²) in [6, 6.07) is 0. The second-order valence-electron chi connectivity index (χ2n) is 28.5. The Morgan fingerprint density at radius 3 is 0.507 bits per heavy atom. The van der Waals surface area contributed by atoms with Crippen molar-refractivity contribution in [3.8, 4) is 0 Å². The Morgan fingerprint density at radius 2 is 0.366 bits per heavy atom. The van der Waals surface area contributed by atoms with Gasteiger partial charge in [0.1, 0.15) is 0 Å². The van der Waals surface area contributed by atoms with Crippen molar-refractivity contribution < 1.29 is 9.53 Å². The van der Waals surface area contributed by atoms with Crippen LogP contribution in [0, 0.1) is 88.8 Å². The number of hydrogen-bond donors (Lipinski definition) is 0. The van der Waals surface area contributed by atoms with Crippen LogP contribution in [-0.4, -0.2) is 13.1 Å². The fourth-order valence-electron chi connectivity index (χ4n) is 12.2. The lowest BCUT2D eigenvalue weighted by molar-refractivity contribution is -0.141. The quantitative estimate of drug-likeness (QED) is 0.0568. The molecule has 0 unspecified atom stereocenters. The molecule has 2 nitrogen and oxygen atoms in total. The molecule has 0 spiro atoms. The molecule has 0 atom stereocenters. The number of rotatable bonds is 51. The van der Waals surface area contributed by atoms with Crippen LogP contribution in [0.2, 0.25) is 0 Å². The summed E-state index contributed by atoms with van der Waals surface area (Å²) in [6.07, 6.45) is 49.5. The van der Waals surface area contributed by atoms with Crippen LogP contribution in [0.5, 0.6) is 0 Å². The standard InChI is InChI=1S/C69H138O2/c1-54(2)36-44-65(45-37-55(3)4)32-20-26-62(27-21-33-66(46-38-56(5)6)47-39-57(7)8)24-18-30-64(52-53-69(70)71-17)31-19-25-63(28-22-34-67(48-40-58(9)10)49-41-59(11)12)29-23-35-68(50-42-60(13)14)51-43-61(15)16/h54-68H,18-53H2,1-17H3. The van der Waals surface area contributed by atoms with Gasteiger partial charge >= 0.3 is 5.97 Å². The van der Waals surface area contributed by atoms with Crippen molar-refractivity contribution in [1.82, 2.24) is 0 Å². The summed E-state index contributed by atoms with van der Waals surface area (Å²) in [4.78, 5) is 12.6. The molecular weight excluding hydrogens is 861 g/mol. The Balaban J connectivity index is 6.11. The van der Waals surface area contributed by atoms with Crippen molar-refractivity contribution in [2.45, 2.75) is 342 Å². The lowest BCUT2D eigenvalue weighted by atomic mass is 9.81. The number of carbonyl (C=O) groups excluding carboxylic acids is 1. The molecule has 426 valence electrons. The van der Waals surface area contributed by atoms with E-state index in [0.29, 0.717) is 12.3 Å². The molecule has 0 aliphatic heterocycles. The number of hydrogen-bond acceptors (Lipinski definition) is 2. The van der Waals surface area contributed by atoms with Crippen molar-refractivity contribution in [2.24, 2.45) is 88.8 Å². The zero-order valence-electron chi connectivity index (χ0n) is 52.4. The van der Waals surface area contributed by atoms with Gasteiger partial charge in [-0.15, -0.1) is 0 Å². The minimum absolute atomic E-state index is 0.00583. The summed E-state index contributed by atoms with van der Waals surface area (Å²) in [5.41, 5.74) is 0. The van der Waals surface area contributed by atoms with E-state index in [1.54, 1.807) is 7.11 Å². The molecule has 0 rings (SSSR count). The molecular formula is C69H138O2. The largest absolute Gasteiger partial charge is 0.469 e. The number of methoxy groups -OCH3 is 1. The van der Waals surface area contributed by atoms with E-state index in [2.05, 4.69) is 111 Å². The van der Waals surface area contributed by atoms with Crippen LogP contribution >= 0.6 is 0 Å². The molecule has 71 heavy (non-hydrogen) atoms. The molecule has 0 radical (unpaired) electrons. The molecule has 0 saturated carbocycles. The van der Waals surface area contributed by atoms with Gasteiger partial charge in [0.2, 0.25) is 0 Å². The molecule has 0 saturated heterocycles. The SMILES string of the molecule is COC(=O)CCC(CCCC(CCCC(CCC(C)C)CCC(C)C)CCCC(CCC(C)C)CCC(C)C)CCCC(CCCC(CCC(C)C)CCC(C)C)CCCC(CCC(C)C)CCC(C)C. The lowest BCUT2D eigenvalue weighted by Gasteiger charge is -2.25. The van der Waals surface area contributed by atoms with Crippen LogP contribution in [0.15, 0.2) is 0 Å². The van der Waals surface area contributed by atoms with E-state index in [-0.39, 0.29) is 5.97 Å². The number of carbonyl (C=O) groups is 1. The van der Waals surface area contributed by atoms with E-state index in [1.807, 2.05) is 0 Å². The van der Waals surface area contributed by atoms with Crippen LogP contribution < -0.4 is 0 Å². The van der Waals surface area contributed by atoms with Gasteiger partial charge in [0.05, 0.1) is 7.11 Å². The highest BCUT2D eigenvalue weighted by molar-refractivity contribution is 5.69. The van der Waals surface area contributed by atoms with Gasteiger partial charge in [-0.05, 0) is 95.2 Å². The zero-order valence-corrected chi connectivity index (χ0v) is 52.4. The van der Waals surface area contributed by atoms with Gasteiger partial charge in [0.25, 0.3) is 0 Å². The third-order valence-electron chi connectivity index (χ3n) is 17.6. The van der Waals surface area contributed by atoms with Crippen molar-refractivity contribution in [3.63, 3.8) is 0 Å². The summed E-state index contributed by atoms with van der Waals surface area (Å²) in [7, 11) is 1.59. The minimum Gasteiger partial charge on any atom is -0.469 e. The Bertz CT molecular complexity index is 936. The maximum atomic E-state index is 12.6. The fraction of sp³-hybridized carbons (Fsp3) is 0.986. The van der Waals surface area contributed by atoms with Crippen molar-refractivity contribution in [1.29, 1.82) is 0 Å². The predicted molar refractivity (Wildman–Crippen MR) is 321 cm³/mol. The van der Waals surface area contributed by atoms with Crippen molar-refractivity contribution in [2.75, 3.05) is 7.11 Å². The Kier molecular flexibility index (Phi) is 45.3. The van der Waals surface area contributed by atoms with Gasteiger partial charge in [-0.3, -0.25) is 4.79 Å². The monoisotopic (exact) mass is 999 g/mol. The average molecular weight is 1000 g/mol. The molecule has 0 bridgehead atoms. The molecule has 0 aliphatic carbocycles. The fourth-order valence-corrected chi connectivity index (χ4v) is 12.2. The number of esters is 1. The van der Waals surface area contributed by atoms with Crippen molar-refractivity contribution in [3.05, 3.63) is 0 Å². The first kappa shape index (κ1) is 70.5. The highest BCUT2D eigenvalue weighted by Gasteiger charge is 2.21. The Morgan fingerprint density at radius 1 is 0.225 bits per heavy atom. The first-order valence-electron chi connectivity index (χ1n) is 32.7. The lowest BCUT2D eigenvalue weighted by Crippen LogP contribution is -2.11. The molecule has 0 aromatic heterocycles. The summed E-state index contributed by atoms with van der Waals surface area (Å²) >= 11 is 0. The van der Waals surface area contributed by atoms with Gasteiger partial charge in [-0.2, -0.15) is 0 Å². The highest BCUT2D eigenvalue weighted by atomic mass is 16.5. The first-order valence-corrected chi connectivity index (χ1v) is 32.7. The van der Waals surface area contributed by atoms with E-state index in [4.69, 9.17) is 4.74 Å². The molecule has 0 aliphatic rings. The normalized spacial score (nSPS) is 12.9. The summed E-state index contributed by atoms with van der Waals surface area (Å²) in [5, 5.41) is 0. The molecule has 2 heteroatoms. The molecule has 0 fully saturated rings. The Hall–Kier alpha value is -0.530. The number of ether oxygens (including phenoxy) is 1. The molecule has 0 heterocycles. The third-order valence-corrected chi connectivity index (χ3v) is 17.6. The molecule has 0 aromatic carbocycles. The second-order valence-corrected chi connectivity index (χ2v) is 28.5. The maximum Gasteiger partial charge on any atom is 0.305 e. The highest BCUT2D eigenvalue weighted by Crippen LogP contribution is 2.35. The third kappa shape index (κ3) is 46.5. The van der Waals surface area contributed by atoms with Crippen LogP contribution in [0.4, 0.5) is 0 Å². The van der Waals surface area contributed by atoms with E-state index in [0.717, 1.165) is 89.3 Å². The molecule has 0 N–H and O–H groups in total. The van der Waals surface area contributed by atoms with Gasteiger partial charge in [-0.1, -0.05) is 329 Å². The van der Waals surface area contributed by atoms with E-state index in [1.165, 1.54) is 218 Å². The van der Waals surface area contributed by atoms with Crippen LogP contribution in [0.3, 0.4) is 0 Å². The molecule has 0 amide bonds. The minimum atomic E-state index is -0.00583. The average Bonchev–Trinajstić information content (AvgIpc) is 3.29. The van der Waals surface area contributed by atoms with Gasteiger partial charge in [-0.25, -0.2) is 0 Å². The Labute approximate surface area is 451 Å². The van der Waals surface area contributed by atoms with Gasteiger partial charge in [0.15, 0.2) is 0 Å². The molecule has 0 aromatic rings. The van der Waals surface area contributed by atoms with Crippen LogP contribution in [0.25, 0.3) is 0 Å². The smallest absolute Gasteiger partial charge is 0.305 e. The van der Waals surface area contributed by atoms with Crippen LogP contribution in [0.1, 0.15) is 342 Å². The topological polar surface area (TPSA) is 26.3 Å². The van der Waals surface area contributed by atoms with E-state index < -0.39 is 0 Å². The first-order chi connectivity index (χ1) is 33.7. The summed E-state index contributed by atoms with van der Waals surface area (Å²) in [6.45, 7) is 38.7. The summed E-state index contributed by atoms with van der Waals surface area (Å²) < 4.78 is 5.24. The second kappa shape index (κ2) is 45.6. The van der Waals surface area contributed by atoms with Gasteiger partial charge in [0, 0.05) is 6.42 Å². The van der Waals surface area contributed by atoms with E-state index in [9.17, 15) is 4.79 Å². The zero-order chi connectivity index (χ0) is 53.4. The summed E-state index contributed by atoms with van der Waals surface area (Å²) in [5.74, 6) is 12.5. The van der Waals surface area contributed by atoms with Crippen LogP contribution in [-0.2, 0) is 9.53 Å². The van der Waals surface area contributed by atoms with Gasteiger partial charge < -0.3 is 4.74 Å².